The summed E-state index contributed by atoms with van der Waals surface area (Å²) < 4.78 is 6.76. The van der Waals surface area contributed by atoms with Gasteiger partial charge in [0.05, 0.1) is 12.7 Å². The predicted octanol–water partition coefficient (Wildman–Crippen LogP) is -0.766. The Morgan fingerprint density at radius 2 is 2.39 bits per heavy atom. The molecule has 3 N–H and O–H groups in total. The van der Waals surface area contributed by atoms with Crippen molar-refractivity contribution < 1.29 is 14.9 Å². The molecule has 1 fully saturated rings. The van der Waals surface area contributed by atoms with E-state index in [4.69, 9.17) is 9.84 Å². The standard InChI is InChI=1S/C11H17N3O4/c1-6-4-14(11(17)13-10(6)12-2)9-3-7(16)8(5-15)18-9/h4,7-9,15-16H,3,5H2,1-2H3,(H,12,13,17)/t7-,8+,9+/m0/s1. The van der Waals surface area contributed by atoms with E-state index >= 15 is 0 Å². The van der Waals surface area contributed by atoms with Crippen molar-refractivity contribution in [2.45, 2.75) is 31.8 Å². The third-order valence-electron chi connectivity index (χ3n) is 3.07. The van der Waals surface area contributed by atoms with Crippen LogP contribution in [0.5, 0.6) is 0 Å². The summed E-state index contributed by atoms with van der Waals surface area (Å²) in [7, 11) is 1.69. The van der Waals surface area contributed by atoms with Gasteiger partial charge in [-0.3, -0.25) is 4.57 Å². The fourth-order valence-corrected chi connectivity index (χ4v) is 2.08. The molecule has 7 heteroatoms. The van der Waals surface area contributed by atoms with E-state index in [0.29, 0.717) is 5.82 Å². The molecule has 100 valence electrons. The van der Waals surface area contributed by atoms with Crippen molar-refractivity contribution in [1.29, 1.82) is 0 Å². The maximum atomic E-state index is 11.8. The zero-order chi connectivity index (χ0) is 13.3. The van der Waals surface area contributed by atoms with Crippen LogP contribution >= 0.6 is 0 Å². The fraction of sp³-hybridized carbons (Fsp3) is 0.636. The van der Waals surface area contributed by atoms with Crippen LogP contribution in [0.1, 0.15) is 18.2 Å². The van der Waals surface area contributed by atoms with Gasteiger partial charge in [0, 0.05) is 25.2 Å². The molecule has 0 spiro atoms. The fourth-order valence-electron chi connectivity index (χ4n) is 2.08. The van der Waals surface area contributed by atoms with Crippen LogP contribution in [-0.4, -0.2) is 45.6 Å². The van der Waals surface area contributed by atoms with Gasteiger partial charge >= 0.3 is 5.69 Å². The van der Waals surface area contributed by atoms with Gasteiger partial charge in [-0.05, 0) is 6.92 Å². The molecule has 18 heavy (non-hydrogen) atoms. The second kappa shape index (κ2) is 5.05. The summed E-state index contributed by atoms with van der Waals surface area (Å²) in [4.78, 5) is 15.7. The van der Waals surface area contributed by atoms with Crippen LogP contribution in [0, 0.1) is 6.92 Å². The molecule has 0 bridgehead atoms. The monoisotopic (exact) mass is 255 g/mol. The number of hydrogen-bond donors (Lipinski definition) is 3. The molecule has 1 saturated heterocycles. The van der Waals surface area contributed by atoms with Gasteiger partial charge in [0.2, 0.25) is 0 Å². The van der Waals surface area contributed by atoms with Gasteiger partial charge in [-0.2, -0.15) is 4.98 Å². The van der Waals surface area contributed by atoms with Crippen LogP contribution in [0.3, 0.4) is 0 Å². The highest BCUT2D eigenvalue weighted by molar-refractivity contribution is 5.40. The molecule has 2 rings (SSSR count). The number of nitrogens with one attached hydrogen (secondary N) is 1. The highest BCUT2D eigenvalue weighted by Gasteiger charge is 2.35. The minimum Gasteiger partial charge on any atom is -0.394 e. The highest BCUT2D eigenvalue weighted by atomic mass is 16.5. The molecule has 0 saturated carbocycles. The van der Waals surface area contributed by atoms with E-state index < -0.39 is 24.1 Å². The summed E-state index contributed by atoms with van der Waals surface area (Å²) in [5, 5.41) is 21.5. The molecule has 1 aliphatic heterocycles. The summed E-state index contributed by atoms with van der Waals surface area (Å²) >= 11 is 0. The van der Waals surface area contributed by atoms with Crippen molar-refractivity contribution >= 4 is 5.82 Å². The Balaban J connectivity index is 2.30. The van der Waals surface area contributed by atoms with E-state index in [1.54, 1.807) is 13.2 Å². The van der Waals surface area contributed by atoms with E-state index in [1.807, 2.05) is 6.92 Å². The van der Waals surface area contributed by atoms with Gasteiger partial charge in [-0.15, -0.1) is 0 Å². The third-order valence-corrected chi connectivity index (χ3v) is 3.07. The zero-order valence-electron chi connectivity index (χ0n) is 10.3. The van der Waals surface area contributed by atoms with Crippen LogP contribution in [0.25, 0.3) is 0 Å². The Labute approximate surface area is 104 Å². The van der Waals surface area contributed by atoms with Crippen LogP contribution in [0.4, 0.5) is 5.82 Å². The molecule has 1 aliphatic rings. The number of aliphatic hydroxyl groups excluding tert-OH is 2. The van der Waals surface area contributed by atoms with Gasteiger partial charge in [0.25, 0.3) is 0 Å². The summed E-state index contributed by atoms with van der Waals surface area (Å²) in [6, 6.07) is 0. The van der Waals surface area contributed by atoms with Crippen LogP contribution in [-0.2, 0) is 4.74 Å². The van der Waals surface area contributed by atoms with Gasteiger partial charge < -0.3 is 20.3 Å². The summed E-state index contributed by atoms with van der Waals surface area (Å²) in [5.41, 5.74) is 0.364. The van der Waals surface area contributed by atoms with E-state index in [9.17, 15) is 9.90 Å². The molecule has 0 radical (unpaired) electrons. The van der Waals surface area contributed by atoms with Crippen molar-refractivity contribution in [2.75, 3.05) is 19.0 Å². The molecule has 3 atom stereocenters. The average Bonchev–Trinajstić information content (AvgIpc) is 2.72. The lowest BCUT2D eigenvalue weighted by Gasteiger charge is -2.15. The third kappa shape index (κ3) is 2.24. The molecule has 0 amide bonds. The number of aliphatic hydroxyl groups is 2. The number of hydrogen-bond acceptors (Lipinski definition) is 6. The quantitative estimate of drug-likeness (QED) is 0.656. The number of anilines is 1. The zero-order valence-corrected chi connectivity index (χ0v) is 10.3. The molecule has 2 heterocycles. The van der Waals surface area contributed by atoms with Crippen LogP contribution < -0.4 is 11.0 Å². The molecule has 1 aromatic rings. The normalized spacial score (nSPS) is 27.4. The van der Waals surface area contributed by atoms with Crippen LogP contribution in [0.2, 0.25) is 0 Å². The van der Waals surface area contributed by atoms with Crippen molar-refractivity contribution in [3.63, 3.8) is 0 Å². The van der Waals surface area contributed by atoms with E-state index in [-0.39, 0.29) is 13.0 Å². The van der Waals surface area contributed by atoms with E-state index in [0.717, 1.165) is 5.56 Å². The topological polar surface area (TPSA) is 96.6 Å². The van der Waals surface area contributed by atoms with Gasteiger partial charge in [-0.1, -0.05) is 0 Å². The Hall–Kier alpha value is -1.44. The molecule has 0 unspecified atom stereocenters. The van der Waals surface area contributed by atoms with Gasteiger partial charge in [0.15, 0.2) is 0 Å². The van der Waals surface area contributed by atoms with Crippen LogP contribution in [0.15, 0.2) is 11.0 Å². The molecule has 0 aromatic carbocycles. The van der Waals surface area contributed by atoms with Gasteiger partial charge in [0.1, 0.15) is 18.1 Å². The lowest BCUT2D eigenvalue weighted by atomic mass is 10.2. The molecule has 7 nitrogen and oxygen atoms in total. The lowest BCUT2D eigenvalue weighted by Crippen LogP contribution is -2.28. The largest absolute Gasteiger partial charge is 0.394 e. The number of aromatic nitrogens is 2. The Kier molecular flexibility index (Phi) is 3.65. The smallest absolute Gasteiger partial charge is 0.351 e. The van der Waals surface area contributed by atoms with Crippen molar-refractivity contribution in [1.82, 2.24) is 9.55 Å². The first-order chi connectivity index (χ1) is 8.56. The SMILES string of the molecule is CNc1nc(=O)n([C@H]2C[C@H](O)[C@@H](CO)O2)cc1C. The second-order valence-electron chi connectivity index (χ2n) is 4.33. The maximum absolute atomic E-state index is 11.8. The lowest BCUT2D eigenvalue weighted by molar-refractivity contribution is -0.0459. The van der Waals surface area contributed by atoms with Gasteiger partial charge in [-0.25, -0.2) is 4.79 Å². The minimum absolute atomic E-state index is 0.269. The van der Waals surface area contributed by atoms with E-state index in [1.165, 1.54) is 4.57 Å². The summed E-state index contributed by atoms with van der Waals surface area (Å²) in [6.45, 7) is 1.55. The number of aryl methyl sites for hydroxylation is 1. The Bertz CT molecular complexity index is 488. The Morgan fingerprint density at radius 3 is 2.94 bits per heavy atom. The summed E-state index contributed by atoms with van der Waals surface area (Å²) in [5.74, 6) is 0.522. The molecule has 0 aliphatic carbocycles. The first-order valence-electron chi connectivity index (χ1n) is 5.78. The second-order valence-corrected chi connectivity index (χ2v) is 4.33. The molecular weight excluding hydrogens is 238 g/mol. The van der Waals surface area contributed by atoms with E-state index in [2.05, 4.69) is 10.3 Å². The average molecular weight is 255 g/mol. The highest BCUT2D eigenvalue weighted by Crippen LogP contribution is 2.27. The van der Waals surface area contributed by atoms with Crippen molar-refractivity contribution in [2.24, 2.45) is 0 Å². The summed E-state index contributed by atoms with van der Waals surface area (Å²) in [6.07, 6.45) is -0.0900. The predicted molar refractivity (Wildman–Crippen MR) is 64.4 cm³/mol. The number of rotatable bonds is 3. The molecule has 1 aromatic heterocycles. The first kappa shape index (κ1) is 13.0. The first-order valence-corrected chi connectivity index (χ1v) is 5.78. The molecular formula is C11H17N3O4. The number of nitrogens with zero attached hydrogens (tertiary/aromatic N) is 2. The maximum Gasteiger partial charge on any atom is 0.351 e. The minimum atomic E-state index is -0.767. The number of ether oxygens (including phenoxy) is 1. The van der Waals surface area contributed by atoms with Crippen molar-refractivity contribution in [3.8, 4) is 0 Å². The van der Waals surface area contributed by atoms with Crippen molar-refractivity contribution in [3.05, 3.63) is 22.2 Å². The Morgan fingerprint density at radius 1 is 1.67 bits per heavy atom.